The van der Waals surface area contributed by atoms with E-state index in [-0.39, 0.29) is 5.69 Å². The molecule has 0 aliphatic carbocycles. The standard InChI is InChI=1S/C13H8Br2F2N2O/c14-6-2-1-3-7(15)12(6)19-13(20)10-8(16)4-5-9(18)11(10)17/h1-5H,18H2,(H,19,20). The molecule has 0 radical (unpaired) electrons. The van der Waals surface area contributed by atoms with Crippen molar-refractivity contribution < 1.29 is 13.6 Å². The first kappa shape index (κ1) is 14.9. The number of amides is 1. The van der Waals surface area contributed by atoms with Crippen molar-refractivity contribution in [1.82, 2.24) is 0 Å². The van der Waals surface area contributed by atoms with E-state index in [0.717, 1.165) is 12.1 Å². The number of carbonyl (C=O) groups excluding carboxylic acids is 1. The summed E-state index contributed by atoms with van der Waals surface area (Å²) in [5.74, 6) is -2.97. The number of nitrogens with two attached hydrogens (primary N) is 1. The molecule has 0 heterocycles. The summed E-state index contributed by atoms with van der Waals surface area (Å²) in [6, 6.07) is 7.13. The number of nitrogens with one attached hydrogen (secondary N) is 1. The van der Waals surface area contributed by atoms with Crippen LogP contribution in [0.4, 0.5) is 20.2 Å². The second-order valence-corrected chi connectivity index (χ2v) is 5.59. The van der Waals surface area contributed by atoms with E-state index < -0.39 is 23.1 Å². The first-order chi connectivity index (χ1) is 9.41. The van der Waals surface area contributed by atoms with Crippen molar-refractivity contribution in [3.63, 3.8) is 0 Å². The second-order valence-electron chi connectivity index (χ2n) is 3.88. The maximum absolute atomic E-state index is 13.8. The third-order valence-electron chi connectivity index (χ3n) is 2.55. The summed E-state index contributed by atoms with van der Waals surface area (Å²) in [5.41, 5.74) is 4.71. The zero-order valence-corrected chi connectivity index (χ0v) is 13.1. The Labute approximate surface area is 130 Å². The molecule has 2 aromatic rings. The van der Waals surface area contributed by atoms with Crippen LogP contribution in [0, 0.1) is 11.6 Å². The Bertz CT molecular complexity index is 672. The van der Waals surface area contributed by atoms with Gasteiger partial charge in [-0.15, -0.1) is 0 Å². The molecule has 0 unspecified atom stereocenters. The first-order valence-corrected chi connectivity index (χ1v) is 6.99. The molecule has 2 aromatic carbocycles. The lowest BCUT2D eigenvalue weighted by Crippen LogP contribution is -2.17. The lowest BCUT2D eigenvalue weighted by molar-refractivity contribution is 0.101. The van der Waals surface area contributed by atoms with E-state index in [0.29, 0.717) is 14.6 Å². The quantitative estimate of drug-likeness (QED) is 0.731. The number of hydrogen-bond donors (Lipinski definition) is 2. The molecule has 0 aliphatic rings. The summed E-state index contributed by atoms with van der Waals surface area (Å²) in [4.78, 5) is 12.0. The van der Waals surface area contributed by atoms with Crippen LogP contribution in [0.25, 0.3) is 0 Å². The van der Waals surface area contributed by atoms with Gasteiger partial charge in [0.15, 0.2) is 5.82 Å². The fourth-order valence-electron chi connectivity index (χ4n) is 1.57. The van der Waals surface area contributed by atoms with Gasteiger partial charge in [-0.05, 0) is 56.1 Å². The van der Waals surface area contributed by atoms with E-state index in [2.05, 4.69) is 37.2 Å². The van der Waals surface area contributed by atoms with Gasteiger partial charge < -0.3 is 11.1 Å². The maximum atomic E-state index is 13.8. The molecule has 7 heteroatoms. The van der Waals surface area contributed by atoms with E-state index in [1.165, 1.54) is 0 Å². The fraction of sp³-hybridized carbons (Fsp3) is 0. The number of rotatable bonds is 2. The molecule has 0 aliphatic heterocycles. The summed E-state index contributed by atoms with van der Waals surface area (Å²) in [5, 5.41) is 2.44. The zero-order valence-electron chi connectivity index (χ0n) is 9.88. The van der Waals surface area contributed by atoms with E-state index in [1.54, 1.807) is 18.2 Å². The monoisotopic (exact) mass is 404 g/mol. The van der Waals surface area contributed by atoms with Crippen LogP contribution in [-0.2, 0) is 0 Å². The van der Waals surface area contributed by atoms with Gasteiger partial charge in [0.25, 0.3) is 5.91 Å². The topological polar surface area (TPSA) is 55.1 Å². The Morgan fingerprint density at radius 3 is 2.30 bits per heavy atom. The summed E-state index contributed by atoms with van der Waals surface area (Å²) >= 11 is 6.49. The highest BCUT2D eigenvalue weighted by molar-refractivity contribution is 9.11. The van der Waals surface area contributed by atoms with Crippen molar-refractivity contribution in [2.24, 2.45) is 0 Å². The normalized spacial score (nSPS) is 10.4. The van der Waals surface area contributed by atoms with Gasteiger partial charge in [0.05, 0.1) is 11.4 Å². The summed E-state index contributed by atoms with van der Waals surface area (Å²) in [7, 11) is 0. The van der Waals surface area contributed by atoms with Gasteiger partial charge in [0.2, 0.25) is 0 Å². The van der Waals surface area contributed by atoms with Crippen molar-refractivity contribution in [2.45, 2.75) is 0 Å². The van der Waals surface area contributed by atoms with Crippen LogP contribution in [0.5, 0.6) is 0 Å². The predicted molar refractivity (Wildman–Crippen MR) is 80.6 cm³/mol. The van der Waals surface area contributed by atoms with Gasteiger partial charge in [-0.25, -0.2) is 8.78 Å². The van der Waals surface area contributed by atoms with Gasteiger partial charge >= 0.3 is 0 Å². The predicted octanol–water partition coefficient (Wildman–Crippen LogP) is 4.32. The lowest BCUT2D eigenvalue weighted by atomic mass is 10.1. The molecule has 3 N–H and O–H groups in total. The molecule has 0 bridgehead atoms. The highest BCUT2D eigenvalue weighted by atomic mass is 79.9. The van der Waals surface area contributed by atoms with Gasteiger partial charge in [-0.1, -0.05) is 6.07 Å². The Hall–Kier alpha value is -1.47. The Morgan fingerprint density at radius 2 is 1.70 bits per heavy atom. The molecule has 0 atom stereocenters. The number of benzene rings is 2. The minimum absolute atomic E-state index is 0.289. The van der Waals surface area contributed by atoms with Crippen LogP contribution in [0.15, 0.2) is 39.3 Å². The zero-order chi connectivity index (χ0) is 14.9. The minimum atomic E-state index is -1.08. The van der Waals surface area contributed by atoms with Gasteiger partial charge in [-0.3, -0.25) is 4.79 Å². The largest absolute Gasteiger partial charge is 0.396 e. The molecule has 1 amide bonds. The third-order valence-corrected chi connectivity index (χ3v) is 3.87. The van der Waals surface area contributed by atoms with Gasteiger partial charge in [0.1, 0.15) is 11.4 Å². The molecule has 0 saturated heterocycles. The van der Waals surface area contributed by atoms with Crippen molar-refractivity contribution in [3.8, 4) is 0 Å². The first-order valence-electron chi connectivity index (χ1n) is 5.40. The molecule has 2 rings (SSSR count). The van der Waals surface area contributed by atoms with Crippen LogP contribution in [-0.4, -0.2) is 5.91 Å². The Kier molecular flexibility index (Phi) is 4.39. The Morgan fingerprint density at radius 1 is 1.10 bits per heavy atom. The molecule has 3 nitrogen and oxygen atoms in total. The summed E-state index contributed by atoms with van der Waals surface area (Å²) in [6.45, 7) is 0. The van der Waals surface area contributed by atoms with Gasteiger partial charge in [0, 0.05) is 8.95 Å². The average molecular weight is 406 g/mol. The molecule has 0 spiro atoms. The maximum Gasteiger partial charge on any atom is 0.261 e. The van der Waals surface area contributed by atoms with Crippen LogP contribution in [0.2, 0.25) is 0 Å². The van der Waals surface area contributed by atoms with E-state index in [9.17, 15) is 13.6 Å². The summed E-state index contributed by atoms with van der Waals surface area (Å²) in [6.07, 6.45) is 0. The number of carbonyl (C=O) groups is 1. The van der Waals surface area contributed by atoms with E-state index in [1.807, 2.05) is 0 Å². The second kappa shape index (κ2) is 5.88. The summed E-state index contributed by atoms with van der Waals surface area (Å²) < 4.78 is 28.5. The molecule has 0 fully saturated rings. The number of halogens is 4. The number of nitrogen functional groups attached to an aromatic ring is 1. The molecule has 0 saturated carbocycles. The van der Waals surface area contributed by atoms with Gasteiger partial charge in [-0.2, -0.15) is 0 Å². The highest BCUT2D eigenvalue weighted by Gasteiger charge is 2.21. The van der Waals surface area contributed by atoms with Crippen molar-refractivity contribution >= 4 is 49.1 Å². The van der Waals surface area contributed by atoms with Crippen LogP contribution in [0.1, 0.15) is 10.4 Å². The molecular formula is C13H8Br2F2N2O. The molecule has 0 aromatic heterocycles. The number of hydrogen-bond acceptors (Lipinski definition) is 2. The molecule has 20 heavy (non-hydrogen) atoms. The van der Waals surface area contributed by atoms with E-state index >= 15 is 0 Å². The highest BCUT2D eigenvalue weighted by Crippen LogP contribution is 2.31. The van der Waals surface area contributed by atoms with Crippen molar-refractivity contribution in [1.29, 1.82) is 0 Å². The van der Waals surface area contributed by atoms with Crippen molar-refractivity contribution in [2.75, 3.05) is 11.1 Å². The molecular weight excluding hydrogens is 398 g/mol. The SMILES string of the molecule is Nc1ccc(F)c(C(=O)Nc2c(Br)cccc2Br)c1F. The fourth-order valence-corrected chi connectivity index (χ4v) is 2.77. The van der Waals surface area contributed by atoms with Crippen LogP contribution in [0.3, 0.4) is 0 Å². The van der Waals surface area contributed by atoms with Crippen molar-refractivity contribution in [3.05, 3.63) is 56.5 Å². The average Bonchev–Trinajstić information content (AvgIpc) is 2.39. The number of anilines is 2. The molecule has 104 valence electrons. The van der Waals surface area contributed by atoms with E-state index in [4.69, 9.17) is 5.73 Å². The van der Waals surface area contributed by atoms with Crippen LogP contribution >= 0.6 is 31.9 Å². The lowest BCUT2D eigenvalue weighted by Gasteiger charge is -2.11. The third kappa shape index (κ3) is 2.83. The minimum Gasteiger partial charge on any atom is -0.396 e. The smallest absolute Gasteiger partial charge is 0.261 e. The van der Waals surface area contributed by atoms with Crippen LogP contribution < -0.4 is 11.1 Å². The Balaban J connectivity index is 2.41. The number of para-hydroxylation sites is 1.